The van der Waals surface area contributed by atoms with Gasteiger partial charge in [-0.3, -0.25) is 9.48 Å². The minimum Gasteiger partial charge on any atom is -0.486 e. The Morgan fingerprint density at radius 2 is 2.07 bits per heavy atom. The Balaban J connectivity index is 1.91. The first-order chi connectivity index (χ1) is 13.1. The average molecular weight is 373 g/mol. The van der Waals surface area contributed by atoms with E-state index in [0.29, 0.717) is 50.0 Å². The quantitative estimate of drug-likeness (QED) is 0.746. The Labute approximate surface area is 159 Å². The highest BCUT2D eigenvalue weighted by molar-refractivity contribution is 5.98. The number of amides is 1. The molecule has 0 radical (unpaired) electrons. The summed E-state index contributed by atoms with van der Waals surface area (Å²) in [7, 11) is 1.63. The van der Waals surface area contributed by atoms with E-state index in [0.717, 1.165) is 23.5 Å². The van der Waals surface area contributed by atoms with Gasteiger partial charge in [-0.1, -0.05) is 6.07 Å². The smallest absolute Gasteiger partial charge is 0.258 e. The lowest BCUT2D eigenvalue weighted by atomic mass is 10.1. The first-order valence-corrected chi connectivity index (χ1v) is 9.26. The number of hydrogen-bond donors (Lipinski definition) is 0. The lowest BCUT2D eigenvalue weighted by Gasteiger charge is -2.26. The molecule has 1 aromatic heterocycles. The van der Waals surface area contributed by atoms with Crippen LogP contribution < -0.4 is 9.47 Å². The molecule has 146 valence electrons. The minimum atomic E-state index is -0.0996. The van der Waals surface area contributed by atoms with E-state index in [2.05, 4.69) is 12.0 Å². The Hall–Kier alpha value is -2.54. The summed E-state index contributed by atoms with van der Waals surface area (Å²) in [5.41, 5.74) is 3.61. The fourth-order valence-electron chi connectivity index (χ4n) is 3.33. The highest BCUT2D eigenvalue weighted by Gasteiger charge is 2.26. The van der Waals surface area contributed by atoms with Gasteiger partial charge in [0.1, 0.15) is 13.2 Å². The third-order valence-corrected chi connectivity index (χ3v) is 4.83. The summed E-state index contributed by atoms with van der Waals surface area (Å²) in [5.74, 6) is 1.04. The highest BCUT2D eigenvalue weighted by atomic mass is 16.6. The lowest BCUT2D eigenvalue weighted by Crippen LogP contribution is -2.34. The van der Waals surface area contributed by atoms with Crippen LogP contribution in [0.5, 0.6) is 11.5 Å². The van der Waals surface area contributed by atoms with Crippen molar-refractivity contribution in [1.29, 1.82) is 0 Å². The van der Waals surface area contributed by atoms with Gasteiger partial charge in [-0.25, -0.2) is 0 Å². The van der Waals surface area contributed by atoms with E-state index in [-0.39, 0.29) is 5.91 Å². The normalized spacial score (nSPS) is 12.9. The van der Waals surface area contributed by atoms with Crippen LogP contribution in [0, 0.1) is 13.8 Å². The van der Waals surface area contributed by atoms with Crippen LogP contribution in [0.2, 0.25) is 0 Å². The van der Waals surface area contributed by atoms with Gasteiger partial charge >= 0.3 is 0 Å². The maximum Gasteiger partial charge on any atom is 0.258 e. The summed E-state index contributed by atoms with van der Waals surface area (Å²) in [6.07, 6.45) is 0. The Morgan fingerprint density at radius 1 is 1.30 bits per heavy atom. The van der Waals surface area contributed by atoms with Crippen LogP contribution in [0.25, 0.3) is 0 Å². The molecule has 0 saturated heterocycles. The maximum absolute atomic E-state index is 13.3. The van der Waals surface area contributed by atoms with Crippen molar-refractivity contribution in [2.45, 2.75) is 33.9 Å². The van der Waals surface area contributed by atoms with Crippen molar-refractivity contribution in [3.05, 3.63) is 40.7 Å². The number of para-hydroxylation sites is 1. The topological polar surface area (TPSA) is 65.8 Å². The molecule has 2 heterocycles. The van der Waals surface area contributed by atoms with Crippen molar-refractivity contribution in [3.63, 3.8) is 0 Å². The van der Waals surface area contributed by atoms with Gasteiger partial charge in [-0.15, -0.1) is 0 Å². The van der Waals surface area contributed by atoms with Gasteiger partial charge in [0.15, 0.2) is 11.5 Å². The van der Waals surface area contributed by atoms with Gasteiger partial charge in [0.25, 0.3) is 5.91 Å². The minimum absolute atomic E-state index is 0.0996. The van der Waals surface area contributed by atoms with Gasteiger partial charge in [-0.2, -0.15) is 5.10 Å². The molecule has 7 nitrogen and oxygen atoms in total. The Kier molecular flexibility index (Phi) is 6.01. The van der Waals surface area contributed by atoms with Crippen molar-refractivity contribution < 1.29 is 19.0 Å². The molecule has 1 aliphatic heterocycles. The number of benzene rings is 1. The number of hydrogen-bond acceptors (Lipinski definition) is 5. The van der Waals surface area contributed by atoms with Crippen LogP contribution in [0.15, 0.2) is 18.2 Å². The molecule has 0 aliphatic carbocycles. The standard InChI is InChI=1S/C20H27N3O4/c1-5-23-15(3)17(14(2)21-23)13-22(9-10-25-4)20(24)16-7-6-8-18-19(16)27-12-11-26-18/h6-8H,5,9-13H2,1-4H3. The molecule has 7 heteroatoms. The summed E-state index contributed by atoms with van der Waals surface area (Å²) in [6.45, 7) is 9.23. The number of nitrogens with zero attached hydrogens (tertiary/aromatic N) is 3. The summed E-state index contributed by atoms with van der Waals surface area (Å²) in [5, 5.41) is 4.57. The maximum atomic E-state index is 13.3. The number of carbonyl (C=O) groups excluding carboxylic acids is 1. The van der Waals surface area contributed by atoms with Gasteiger partial charge in [0, 0.05) is 38.0 Å². The molecule has 0 bridgehead atoms. The third-order valence-electron chi connectivity index (χ3n) is 4.83. The van der Waals surface area contributed by atoms with Crippen LogP contribution in [0.1, 0.15) is 34.2 Å². The van der Waals surface area contributed by atoms with E-state index in [4.69, 9.17) is 14.2 Å². The van der Waals surface area contributed by atoms with Crippen LogP contribution in [0.3, 0.4) is 0 Å². The van der Waals surface area contributed by atoms with Crippen molar-refractivity contribution in [2.24, 2.45) is 0 Å². The molecular weight excluding hydrogens is 346 g/mol. The zero-order valence-corrected chi connectivity index (χ0v) is 16.4. The van der Waals surface area contributed by atoms with E-state index in [1.54, 1.807) is 18.1 Å². The van der Waals surface area contributed by atoms with Gasteiger partial charge in [0.2, 0.25) is 0 Å². The monoisotopic (exact) mass is 373 g/mol. The average Bonchev–Trinajstić information content (AvgIpc) is 2.97. The predicted octanol–water partition coefficient (Wildman–Crippen LogP) is 2.58. The molecule has 0 fully saturated rings. The Morgan fingerprint density at radius 3 is 2.78 bits per heavy atom. The van der Waals surface area contributed by atoms with Crippen molar-refractivity contribution in [3.8, 4) is 11.5 Å². The van der Waals surface area contributed by atoms with Gasteiger partial charge in [-0.05, 0) is 32.9 Å². The number of aromatic nitrogens is 2. The van der Waals surface area contributed by atoms with Crippen LogP contribution in [-0.4, -0.2) is 54.1 Å². The molecule has 1 aromatic carbocycles. The fraction of sp³-hybridized carbons (Fsp3) is 0.500. The Bertz CT molecular complexity index is 816. The first kappa shape index (κ1) is 19.2. The predicted molar refractivity (Wildman–Crippen MR) is 101 cm³/mol. The van der Waals surface area contributed by atoms with Crippen LogP contribution in [-0.2, 0) is 17.8 Å². The molecule has 0 saturated carbocycles. The SMILES string of the molecule is CCn1nc(C)c(CN(CCOC)C(=O)c2cccc3c2OCCO3)c1C. The van der Waals surface area contributed by atoms with E-state index in [9.17, 15) is 4.79 Å². The molecule has 1 amide bonds. The second-order valence-corrected chi connectivity index (χ2v) is 6.51. The number of methoxy groups -OCH3 is 1. The number of rotatable bonds is 7. The van der Waals surface area contributed by atoms with E-state index in [1.165, 1.54) is 0 Å². The van der Waals surface area contributed by atoms with Gasteiger partial charge < -0.3 is 19.1 Å². The molecule has 1 aliphatic rings. The zero-order chi connectivity index (χ0) is 19.4. The number of carbonyl (C=O) groups is 1. The molecular formula is C20H27N3O4. The molecule has 2 aromatic rings. The van der Waals surface area contributed by atoms with E-state index < -0.39 is 0 Å². The summed E-state index contributed by atoms with van der Waals surface area (Å²) < 4.78 is 18.5. The second-order valence-electron chi connectivity index (χ2n) is 6.51. The van der Waals surface area contributed by atoms with Crippen molar-refractivity contribution >= 4 is 5.91 Å². The van der Waals surface area contributed by atoms with E-state index >= 15 is 0 Å². The third kappa shape index (κ3) is 3.93. The number of fused-ring (bicyclic) bond motifs is 1. The summed E-state index contributed by atoms with van der Waals surface area (Å²) in [4.78, 5) is 15.1. The van der Waals surface area contributed by atoms with Gasteiger partial charge in [0.05, 0.1) is 17.9 Å². The summed E-state index contributed by atoms with van der Waals surface area (Å²) in [6, 6.07) is 5.43. The van der Waals surface area contributed by atoms with Crippen molar-refractivity contribution in [1.82, 2.24) is 14.7 Å². The van der Waals surface area contributed by atoms with Crippen molar-refractivity contribution in [2.75, 3.05) is 33.5 Å². The molecule has 0 unspecified atom stereocenters. The van der Waals surface area contributed by atoms with E-state index in [1.807, 2.05) is 30.7 Å². The summed E-state index contributed by atoms with van der Waals surface area (Å²) >= 11 is 0. The second kappa shape index (κ2) is 8.43. The molecule has 27 heavy (non-hydrogen) atoms. The first-order valence-electron chi connectivity index (χ1n) is 9.26. The molecule has 3 rings (SSSR count). The number of ether oxygens (including phenoxy) is 3. The fourth-order valence-corrected chi connectivity index (χ4v) is 3.33. The largest absolute Gasteiger partial charge is 0.486 e. The molecule has 0 spiro atoms. The zero-order valence-electron chi connectivity index (χ0n) is 16.4. The highest BCUT2D eigenvalue weighted by Crippen LogP contribution is 2.34. The number of aryl methyl sites for hydroxylation is 2. The lowest BCUT2D eigenvalue weighted by molar-refractivity contribution is 0.0670. The molecule has 0 N–H and O–H groups in total. The van der Waals surface area contributed by atoms with Crippen LogP contribution in [0.4, 0.5) is 0 Å². The van der Waals surface area contributed by atoms with Crippen LogP contribution >= 0.6 is 0 Å². The molecule has 0 atom stereocenters.